The van der Waals surface area contributed by atoms with Crippen LogP contribution >= 0.6 is 11.3 Å². The summed E-state index contributed by atoms with van der Waals surface area (Å²) in [6, 6.07) is 7.81. The van der Waals surface area contributed by atoms with Crippen molar-refractivity contribution in [1.29, 1.82) is 0 Å². The Morgan fingerprint density at radius 3 is 2.71 bits per heavy atom. The van der Waals surface area contributed by atoms with Gasteiger partial charge in [0.05, 0.1) is 0 Å². The average molecular weight is 299 g/mol. The van der Waals surface area contributed by atoms with Crippen LogP contribution in [-0.4, -0.2) is 16.0 Å². The van der Waals surface area contributed by atoms with Gasteiger partial charge in [-0.1, -0.05) is 6.58 Å². The van der Waals surface area contributed by atoms with Gasteiger partial charge in [0.2, 0.25) is 0 Å². The molecule has 108 valence electrons. The molecule has 0 unspecified atom stereocenters. The molecule has 0 bridgehead atoms. The standard InChI is InChI=1S/C16H17N3OS/c1-10(2)8-20-13-6-4-12(5-7-13)14-15(17)19-11(3)9-21-16(19)18-14/h4-7,9H,1,8,17H2,2-3H3. The van der Waals surface area contributed by atoms with Crippen molar-refractivity contribution in [3.05, 3.63) is 47.5 Å². The fourth-order valence-electron chi connectivity index (χ4n) is 2.15. The largest absolute Gasteiger partial charge is 0.489 e. The van der Waals surface area contributed by atoms with Crippen molar-refractivity contribution in [3.63, 3.8) is 0 Å². The highest BCUT2D eigenvalue weighted by Gasteiger charge is 2.14. The monoisotopic (exact) mass is 299 g/mol. The second kappa shape index (κ2) is 5.26. The Bertz CT molecular complexity index is 799. The minimum absolute atomic E-state index is 0.529. The van der Waals surface area contributed by atoms with Crippen LogP contribution in [0.4, 0.5) is 5.82 Å². The first-order valence-electron chi connectivity index (χ1n) is 6.66. The van der Waals surface area contributed by atoms with Crippen LogP contribution in [0.25, 0.3) is 16.2 Å². The van der Waals surface area contributed by atoms with Gasteiger partial charge in [0.25, 0.3) is 0 Å². The third-order valence-electron chi connectivity index (χ3n) is 3.18. The minimum atomic E-state index is 0.529. The summed E-state index contributed by atoms with van der Waals surface area (Å²) in [6.07, 6.45) is 0. The molecule has 0 aliphatic carbocycles. The Morgan fingerprint density at radius 2 is 2.10 bits per heavy atom. The van der Waals surface area contributed by atoms with Gasteiger partial charge in [-0.2, -0.15) is 0 Å². The lowest BCUT2D eigenvalue weighted by molar-refractivity contribution is 0.353. The molecule has 0 amide bonds. The molecule has 4 nitrogen and oxygen atoms in total. The summed E-state index contributed by atoms with van der Waals surface area (Å²) in [5.41, 5.74) is 10.1. The van der Waals surface area contributed by atoms with Crippen LogP contribution in [0.2, 0.25) is 0 Å². The van der Waals surface area contributed by atoms with Crippen molar-refractivity contribution in [2.24, 2.45) is 0 Å². The van der Waals surface area contributed by atoms with E-state index in [1.807, 2.05) is 42.5 Å². The SMILES string of the molecule is C=C(C)COc1ccc(-c2nc3scc(C)n3c2N)cc1. The number of hydrogen-bond acceptors (Lipinski definition) is 4. The van der Waals surface area contributed by atoms with Crippen LogP contribution in [0.3, 0.4) is 0 Å². The molecular formula is C16H17N3OS. The normalized spacial score (nSPS) is 11.0. The molecule has 0 atom stereocenters. The zero-order valence-corrected chi connectivity index (χ0v) is 12.9. The number of aromatic nitrogens is 2. The number of rotatable bonds is 4. The van der Waals surface area contributed by atoms with Crippen molar-refractivity contribution in [3.8, 4) is 17.0 Å². The number of anilines is 1. The summed E-state index contributed by atoms with van der Waals surface area (Å²) in [6.45, 7) is 8.32. The van der Waals surface area contributed by atoms with E-state index < -0.39 is 0 Å². The zero-order chi connectivity index (χ0) is 15.0. The van der Waals surface area contributed by atoms with Gasteiger partial charge in [-0.25, -0.2) is 4.98 Å². The van der Waals surface area contributed by atoms with Crippen LogP contribution in [0, 0.1) is 6.92 Å². The Kier molecular flexibility index (Phi) is 3.43. The van der Waals surface area contributed by atoms with Crippen LogP contribution < -0.4 is 10.5 Å². The third kappa shape index (κ3) is 2.52. The maximum Gasteiger partial charge on any atom is 0.196 e. The van der Waals surface area contributed by atoms with Crippen LogP contribution in [0.1, 0.15) is 12.6 Å². The fourth-order valence-corrected chi connectivity index (χ4v) is 3.02. The van der Waals surface area contributed by atoms with Gasteiger partial charge < -0.3 is 10.5 Å². The highest BCUT2D eigenvalue weighted by atomic mass is 32.1. The second-order valence-electron chi connectivity index (χ2n) is 5.11. The zero-order valence-electron chi connectivity index (χ0n) is 12.1. The number of aryl methyl sites for hydroxylation is 1. The van der Waals surface area contributed by atoms with Crippen LogP contribution in [0.5, 0.6) is 5.75 Å². The van der Waals surface area contributed by atoms with E-state index in [0.717, 1.165) is 33.2 Å². The number of imidazole rings is 1. The molecule has 0 spiro atoms. The number of nitrogen functional groups attached to an aromatic ring is 1. The number of nitrogens with zero attached hydrogens (tertiary/aromatic N) is 2. The number of ether oxygens (including phenoxy) is 1. The molecule has 0 saturated heterocycles. The van der Waals surface area contributed by atoms with Gasteiger partial charge in [-0.05, 0) is 43.7 Å². The first-order valence-corrected chi connectivity index (χ1v) is 7.54. The lowest BCUT2D eigenvalue weighted by atomic mass is 10.1. The highest BCUT2D eigenvalue weighted by molar-refractivity contribution is 7.15. The number of benzene rings is 1. The van der Waals surface area contributed by atoms with Crippen LogP contribution in [0.15, 0.2) is 41.8 Å². The molecule has 2 heterocycles. The number of fused-ring (bicyclic) bond motifs is 1. The maximum absolute atomic E-state index is 6.22. The highest BCUT2D eigenvalue weighted by Crippen LogP contribution is 2.31. The summed E-state index contributed by atoms with van der Waals surface area (Å²) < 4.78 is 7.57. The molecule has 0 radical (unpaired) electrons. The molecule has 21 heavy (non-hydrogen) atoms. The van der Waals surface area contributed by atoms with E-state index in [4.69, 9.17) is 10.5 Å². The van der Waals surface area contributed by atoms with Crippen molar-refractivity contribution in [2.45, 2.75) is 13.8 Å². The molecule has 0 fully saturated rings. The van der Waals surface area contributed by atoms with Crippen molar-refractivity contribution >= 4 is 22.1 Å². The molecule has 0 aliphatic heterocycles. The van der Waals surface area contributed by atoms with E-state index >= 15 is 0 Å². The summed E-state index contributed by atoms with van der Waals surface area (Å²) in [5.74, 6) is 1.50. The van der Waals surface area contributed by atoms with E-state index in [-0.39, 0.29) is 0 Å². The first kappa shape index (κ1) is 13.7. The third-order valence-corrected chi connectivity index (χ3v) is 4.13. The Hall–Kier alpha value is -2.27. The van der Waals surface area contributed by atoms with E-state index in [1.54, 1.807) is 11.3 Å². The molecule has 3 aromatic rings. The summed E-state index contributed by atoms with van der Waals surface area (Å²) >= 11 is 1.60. The van der Waals surface area contributed by atoms with Gasteiger partial charge in [-0.3, -0.25) is 4.40 Å². The topological polar surface area (TPSA) is 52.5 Å². The Balaban J connectivity index is 1.92. The summed E-state index contributed by atoms with van der Waals surface area (Å²) in [7, 11) is 0. The van der Waals surface area contributed by atoms with Crippen molar-refractivity contribution < 1.29 is 4.74 Å². The molecule has 0 aliphatic rings. The number of nitrogens with two attached hydrogens (primary N) is 1. The molecular weight excluding hydrogens is 282 g/mol. The van der Waals surface area contributed by atoms with Gasteiger partial charge in [0, 0.05) is 16.6 Å². The summed E-state index contributed by atoms with van der Waals surface area (Å²) in [4.78, 5) is 5.53. The van der Waals surface area contributed by atoms with E-state index in [1.165, 1.54) is 0 Å². The van der Waals surface area contributed by atoms with Gasteiger partial charge >= 0.3 is 0 Å². The number of thiazole rings is 1. The minimum Gasteiger partial charge on any atom is -0.489 e. The van der Waals surface area contributed by atoms with Gasteiger partial charge in [0.15, 0.2) is 4.96 Å². The molecule has 3 rings (SSSR count). The first-order chi connectivity index (χ1) is 10.1. The van der Waals surface area contributed by atoms with E-state index in [2.05, 4.69) is 16.9 Å². The summed E-state index contributed by atoms with van der Waals surface area (Å²) in [5, 5.41) is 2.05. The quantitative estimate of drug-likeness (QED) is 0.743. The lowest BCUT2D eigenvalue weighted by Gasteiger charge is -2.06. The predicted molar refractivity (Wildman–Crippen MR) is 88.0 cm³/mol. The fraction of sp³-hybridized carbons (Fsp3) is 0.188. The van der Waals surface area contributed by atoms with Gasteiger partial charge in [-0.15, -0.1) is 11.3 Å². The van der Waals surface area contributed by atoms with Gasteiger partial charge in [0.1, 0.15) is 23.9 Å². The Labute approximate surface area is 127 Å². The lowest BCUT2D eigenvalue weighted by Crippen LogP contribution is -1.97. The average Bonchev–Trinajstić information content (AvgIpc) is 2.99. The van der Waals surface area contributed by atoms with Crippen molar-refractivity contribution in [1.82, 2.24) is 9.38 Å². The second-order valence-corrected chi connectivity index (χ2v) is 5.95. The van der Waals surface area contributed by atoms with Crippen LogP contribution in [-0.2, 0) is 0 Å². The van der Waals surface area contributed by atoms with Crippen molar-refractivity contribution in [2.75, 3.05) is 12.3 Å². The Morgan fingerprint density at radius 1 is 1.38 bits per heavy atom. The molecule has 2 N–H and O–H groups in total. The van der Waals surface area contributed by atoms with E-state index in [0.29, 0.717) is 12.4 Å². The predicted octanol–water partition coefficient (Wildman–Crippen LogP) is 3.91. The molecule has 1 aromatic carbocycles. The smallest absolute Gasteiger partial charge is 0.196 e. The van der Waals surface area contributed by atoms with E-state index in [9.17, 15) is 0 Å². The molecule has 5 heteroatoms. The molecule has 0 saturated carbocycles. The maximum atomic E-state index is 6.22. The number of hydrogen-bond donors (Lipinski definition) is 1. The molecule has 2 aromatic heterocycles.